The number of amides is 3. The number of carbonyl (C=O) groups is 3. The van der Waals surface area contributed by atoms with Gasteiger partial charge in [0.15, 0.2) is 11.9 Å². The van der Waals surface area contributed by atoms with Gasteiger partial charge in [-0.15, -0.1) is 10.2 Å². The highest BCUT2D eigenvalue weighted by Gasteiger charge is 2.38. The van der Waals surface area contributed by atoms with Crippen molar-refractivity contribution in [3.8, 4) is 5.75 Å². The molecule has 1 aromatic carbocycles. The molecule has 6 rings (SSSR count). The van der Waals surface area contributed by atoms with Crippen molar-refractivity contribution in [2.75, 3.05) is 44.7 Å². The lowest BCUT2D eigenvalue weighted by molar-refractivity contribution is -0.111. The Morgan fingerprint density at radius 2 is 1.83 bits per heavy atom. The van der Waals surface area contributed by atoms with E-state index < -0.39 is 29.0 Å². The molecule has 0 spiro atoms. The van der Waals surface area contributed by atoms with Gasteiger partial charge in [-0.25, -0.2) is 14.8 Å². The van der Waals surface area contributed by atoms with Gasteiger partial charge in [0, 0.05) is 48.6 Å². The maximum Gasteiger partial charge on any atom is 0.321 e. The van der Waals surface area contributed by atoms with Gasteiger partial charge < -0.3 is 20.1 Å². The van der Waals surface area contributed by atoms with Gasteiger partial charge in [-0.3, -0.25) is 24.2 Å². The van der Waals surface area contributed by atoms with Crippen molar-refractivity contribution >= 4 is 29.7 Å². The SMILES string of the molecule is CCC(C)(C)c1nnc2ccc(O[C@@H]3C=C[C@](C=O)(NC(=O)Nc4cc(C(C)(C)C)nc(C(=O)NCCN5CCOCC5)n4)c4ccccc43)cn12. The summed E-state index contributed by atoms with van der Waals surface area (Å²) in [6.07, 6.45) is 6.28. The van der Waals surface area contributed by atoms with Crippen LogP contribution in [0.1, 0.15) is 87.3 Å². The zero-order valence-corrected chi connectivity index (χ0v) is 30.6. The molecule has 52 heavy (non-hydrogen) atoms. The van der Waals surface area contributed by atoms with Crippen molar-refractivity contribution in [2.24, 2.45) is 0 Å². The first-order chi connectivity index (χ1) is 24.8. The second-order valence-corrected chi connectivity index (χ2v) is 14.8. The number of hydrogen-bond donors (Lipinski definition) is 3. The van der Waals surface area contributed by atoms with E-state index in [2.05, 4.69) is 61.8 Å². The summed E-state index contributed by atoms with van der Waals surface area (Å²) in [6.45, 7) is 16.3. The zero-order chi connectivity index (χ0) is 37.1. The maximum atomic E-state index is 13.6. The van der Waals surface area contributed by atoms with Crippen LogP contribution < -0.4 is 20.7 Å². The highest BCUT2D eigenvalue weighted by atomic mass is 16.5. The third kappa shape index (κ3) is 7.82. The van der Waals surface area contributed by atoms with Crippen LogP contribution in [-0.2, 0) is 25.9 Å². The van der Waals surface area contributed by atoms with E-state index in [0.717, 1.165) is 25.3 Å². The molecule has 1 aliphatic carbocycles. The van der Waals surface area contributed by atoms with Crippen LogP contribution in [0.25, 0.3) is 5.65 Å². The van der Waals surface area contributed by atoms with Gasteiger partial charge in [0.2, 0.25) is 5.82 Å². The minimum atomic E-state index is -1.50. The molecule has 274 valence electrons. The van der Waals surface area contributed by atoms with Gasteiger partial charge in [0.1, 0.15) is 29.0 Å². The Bertz CT molecular complexity index is 1980. The third-order valence-electron chi connectivity index (χ3n) is 9.64. The number of ether oxygens (including phenoxy) is 2. The van der Waals surface area contributed by atoms with Crippen molar-refractivity contribution in [1.82, 2.24) is 40.1 Å². The summed E-state index contributed by atoms with van der Waals surface area (Å²) >= 11 is 0. The average Bonchev–Trinajstić information content (AvgIpc) is 3.57. The van der Waals surface area contributed by atoms with Crippen molar-refractivity contribution in [2.45, 2.75) is 70.4 Å². The molecule has 0 bridgehead atoms. The molecular formula is C38H47N9O5. The number of morpholine rings is 1. The maximum absolute atomic E-state index is 13.6. The van der Waals surface area contributed by atoms with E-state index in [1.807, 2.05) is 55.6 Å². The fourth-order valence-electron chi connectivity index (χ4n) is 6.17. The molecule has 4 heterocycles. The van der Waals surface area contributed by atoms with Crippen LogP contribution in [0.2, 0.25) is 0 Å². The zero-order valence-electron chi connectivity index (χ0n) is 30.6. The van der Waals surface area contributed by atoms with Crippen LogP contribution in [0.15, 0.2) is 60.8 Å². The second kappa shape index (κ2) is 14.8. The Hall–Kier alpha value is -5.21. The minimum absolute atomic E-state index is 0.0623. The number of pyridine rings is 1. The molecule has 14 heteroatoms. The Labute approximate surface area is 303 Å². The predicted molar refractivity (Wildman–Crippen MR) is 195 cm³/mol. The standard InChI is InChI=1S/C38H47N9O5/c1-7-37(5,6)34-45-44-31-13-12-25(23-47(31)34)52-28-14-15-38(24-48,27-11-9-8-10-26(27)28)43-35(50)42-30-22-29(36(2,3)4)40-32(41-30)33(49)39-16-17-46-18-20-51-21-19-46/h8-15,22-24,28H,7,16-21H2,1-6H3,(H,39,49)(H2,40,41,42,43,50)/t28-,38-/m1/s1. The molecule has 0 radical (unpaired) electrons. The summed E-state index contributed by atoms with van der Waals surface area (Å²) < 4.78 is 13.8. The van der Waals surface area contributed by atoms with Crippen molar-refractivity contribution in [1.29, 1.82) is 0 Å². The Morgan fingerprint density at radius 1 is 1.06 bits per heavy atom. The summed E-state index contributed by atoms with van der Waals surface area (Å²) in [5.41, 5.74) is 0.412. The third-order valence-corrected chi connectivity index (χ3v) is 9.64. The molecule has 14 nitrogen and oxygen atoms in total. The number of rotatable bonds is 11. The van der Waals surface area contributed by atoms with Crippen LogP contribution in [0, 0.1) is 0 Å². The normalized spacial score (nSPS) is 19.2. The molecule has 1 aliphatic heterocycles. The van der Waals surface area contributed by atoms with Gasteiger partial charge in [0.25, 0.3) is 5.91 Å². The van der Waals surface area contributed by atoms with E-state index >= 15 is 0 Å². The van der Waals surface area contributed by atoms with E-state index in [1.165, 1.54) is 0 Å². The van der Waals surface area contributed by atoms with Crippen LogP contribution in [0.4, 0.5) is 10.6 Å². The van der Waals surface area contributed by atoms with Crippen LogP contribution >= 0.6 is 0 Å². The van der Waals surface area contributed by atoms with Crippen LogP contribution in [0.3, 0.4) is 0 Å². The highest BCUT2D eigenvalue weighted by molar-refractivity contribution is 5.94. The average molecular weight is 710 g/mol. The van der Waals surface area contributed by atoms with Gasteiger partial charge in [-0.1, -0.05) is 65.8 Å². The monoisotopic (exact) mass is 709 g/mol. The van der Waals surface area contributed by atoms with Gasteiger partial charge in [0.05, 0.1) is 25.1 Å². The second-order valence-electron chi connectivity index (χ2n) is 14.8. The molecule has 2 atom stereocenters. The lowest BCUT2D eigenvalue weighted by Gasteiger charge is -2.34. The number of fused-ring (bicyclic) bond motifs is 2. The number of aldehydes is 1. The highest BCUT2D eigenvalue weighted by Crippen LogP contribution is 2.37. The van der Waals surface area contributed by atoms with Gasteiger partial charge >= 0.3 is 6.03 Å². The fraction of sp³-hybridized carbons (Fsp3) is 0.447. The molecule has 1 fully saturated rings. The summed E-state index contributed by atoms with van der Waals surface area (Å²) in [5.74, 6) is 1.04. The minimum Gasteiger partial charge on any atom is -0.480 e. The van der Waals surface area contributed by atoms with Crippen LogP contribution in [0.5, 0.6) is 5.75 Å². The van der Waals surface area contributed by atoms with Crippen LogP contribution in [-0.4, -0.2) is 87.1 Å². The van der Waals surface area contributed by atoms with E-state index in [-0.39, 0.29) is 17.1 Å². The first-order valence-corrected chi connectivity index (χ1v) is 17.7. The topological polar surface area (TPSA) is 165 Å². The molecule has 3 amide bonds. The Morgan fingerprint density at radius 3 is 2.56 bits per heavy atom. The predicted octanol–water partition coefficient (Wildman–Crippen LogP) is 4.47. The molecule has 0 unspecified atom stereocenters. The van der Waals surface area contributed by atoms with Gasteiger partial charge in [-0.2, -0.15) is 0 Å². The summed E-state index contributed by atoms with van der Waals surface area (Å²) in [7, 11) is 0. The number of carbonyl (C=O) groups excluding carboxylic acids is 3. The quantitative estimate of drug-likeness (QED) is 0.150. The number of nitrogens with zero attached hydrogens (tertiary/aromatic N) is 6. The molecule has 4 aromatic rings. The molecule has 1 saturated heterocycles. The van der Waals surface area contributed by atoms with Crippen molar-refractivity contribution in [3.63, 3.8) is 0 Å². The molecule has 3 aromatic heterocycles. The number of anilines is 1. The first-order valence-electron chi connectivity index (χ1n) is 17.7. The molecular weight excluding hydrogens is 662 g/mol. The number of urea groups is 1. The number of aromatic nitrogens is 5. The van der Waals surface area contributed by atoms with E-state index in [4.69, 9.17) is 9.47 Å². The number of benzene rings is 1. The lowest BCUT2D eigenvalue weighted by atomic mass is 9.81. The summed E-state index contributed by atoms with van der Waals surface area (Å²) in [5, 5.41) is 17.2. The largest absolute Gasteiger partial charge is 0.480 e. The summed E-state index contributed by atoms with van der Waals surface area (Å²) in [6, 6.07) is 12.0. The smallest absolute Gasteiger partial charge is 0.321 e. The lowest BCUT2D eigenvalue weighted by Crippen LogP contribution is -2.49. The fourth-order valence-corrected chi connectivity index (χ4v) is 6.17. The number of nitrogens with one attached hydrogen (secondary N) is 3. The summed E-state index contributed by atoms with van der Waals surface area (Å²) in [4.78, 5) is 50.8. The van der Waals surface area contributed by atoms with Crippen molar-refractivity contribution in [3.05, 3.63) is 89.3 Å². The first kappa shape index (κ1) is 36.6. The van der Waals surface area contributed by atoms with E-state index in [0.29, 0.717) is 60.8 Å². The Kier molecular flexibility index (Phi) is 10.4. The number of hydrogen-bond acceptors (Lipinski definition) is 10. The van der Waals surface area contributed by atoms with E-state index in [9.17, 15) is 14.4 Å². The molecule has 3 N–H and O–H groups in total. The molecule has 0 saturated carbocycles. The van der Waals surface area contributed by atoms with Gasteiger partial charge in [-0.05, 0) is 36.3 Å². The van der Waals surface area contributed by atoms with Crippen molar-refractivity contribution < 1.29 is 23.9 Å². The molecule has 2 aliphatic rings. The Balaban J connectivity index is 1.20. The van der Waals surface area contributed by atoms with E-state index in [1.54, 1.807) is 30.4 Å².